The molecule has 0 radical (unpaired) electrons. The van der Waals surface area contributed by atoms with Gasteiger partial charge in [0.1, 0.15) is 5.75 Å². The molecule has 3 aromatic rings. The minimum atomic E-state index is -2.87. The number of carbonyl (C=O) groups excluding carboxylic acids is 1. The molecule has 0 aromatic heterocycles. The zero-order valence-electron chi connectivity index (χ0n) is 28.1. The number of nitrogens with one attached hydrogen (secondary N) is 1. The molecule has 0 heterocycles. The molecule has 49 heavy (non-hydrogen) atoms. The van der Waals surface area contributed by atoms with Gasteiger partial charge in [0.2, 0.25) is 0 Å². The minimum absolute atomic E-state index is 0.0213. The van der Waals surface area contributed by atoms with Crippen molar-refractivity contribution in [2.75, 3.05) is 7.11 Å². The fraction of sp³-hybridized carbons (Fsp3) is 0.447. The van der Waals surface area contributed by atoms with Gasteiger partial charge in [-0.1, -0.05) is 86.6 Å². The monoisotopic (exact) mass is 671 g/mol. The van der Waals surface area contributed by atoms with Gasteiger partial charge in [0, 0.05) is 17.4 Å². The third-order valence-corrected chi connectivity index (χ3v) is 10.4. The number of hydroxylamine groups is 2. The lowest BCUT2D eigenvalue weighted by Crippen LogP contribution is -2.62. The van der Waals surface area contributed by atoms with Crippen LogP contribution < -0.4 is 4.74 Å². The molecule has 260 valence electrons. The first-order valence-electron chi connectivity index (χ1n) is 16.7. The number of hydrogen-bond acceptors (Lipinski definition) is 9. The summed E-state index contributed by atoms with van der Waals surface area (Å²) in [7, 11) is 1.56. The van der Waals surface area contributed by atoms with E-state index in [4.69, 9.17) is 15.1 Å². The second kappa shape index (κ2) is 14.9. The van der Waals surface area contributed by atoms with Crippen LogP contribution in [0.15, 0.2) is 84.0 Å². The normalized spacial score (nSPS) is 22.9. The molecule has 3 saturated carbocycles. The van der Waals surface area contributed by atoms with Crippen LogP contribution in [0, 0.1) is 17.4 Å². The number of benzene rings is 3. The highest BCUT2D eigenvalue weighted by atomic mass is 16.7. The van der Waals surface area contributed by atoms with Crippen molar-refractivity contribution in [3.05, 3.63) is 101 Å². The average molecular weight is 672 g/mol. The molecule has 3 aromatic carbocycles. The lowest BCUT2D eigenvalue weighted by Gasteiger charge is -2.58. The number of rotatable bonds is 15. The van der Waals surface area contributed by atoms with Crippen molar-refractivity contribution < 1.29 is 39.3 Å². The van der Waals surface area contributed by atoms with E-state index in [9.17, 15) is 29.7 Å². The molecular weight excluding hydrogens is 626 g/mol. The number of ether oxygens (including phenoxy) is 1. The summed E-state index contributed by atoms with van der Waals surface area (Å²) in [4.78, 5) is 43.3. The van der Waals surface area contributed by atoms with Gasteiger partial charge >= 0.3 is 17.9 Å². The fourth-order valence-corrected chi connectivity index (χ4v) is 7.98. The molecule has 0 aliphatic heterocycles. The molecule has 2 bridgehead atoms. The van der Waals surface area contributed by atoms with E-state index < -0.39 is 47.9 Å². The number of methoxy groups -OCH3 is 1. The molecule has 3 aliphatic carbocycles. The van der Waals surface area contributed by atoms with Gasteiger partial charge in [0.25, 0.3) is 0 Å². The van der Waals surface area contributed by atoms with Crippen LogP contribution >= 0.6 is 0 Å². The Morgan fingerprint density at radius 1 is 0.939 bits per heavy atom. The number of hydrogen-bond donors (Lipinski definition) is 4. The molecule has 6 rings (SSSR count). The molecule has 3 atom stereocenters. The number of nitrogens with zero attached hydrogens (tertiary/aromatic N) is 2. The zero-order chi connectivity index (χ0) is 35.3. The smallest absolute Gasteiger partial charge is 0.336 e. The number of aliphatic carboxylic acids is 2. The second-order valence-electron chi connectivity index (χ2n) is 13.7. The van der Waals surface area contributed by atoms with Crippen molar-refractivity contribution in [2.45, 2.75) is 87.9 Å². The first-order valence-corrected chi connectivity index (χ1v) is 16.7. The van der Waals surface area contributed by atoms with E-state index in [2.05, 4.69) is 43.2 Å². The van der Waals surface area contributed by atoms with Gasteiger partial charge < -0.3 is 24.9 Å². The van der Waals surface area contributed by atoms with E-state index in [1.165, 1.54) is 0 Å². The maximum absolute atomic E-state index is 13.7. The van der Waals surface area contributed by atoms with Crippen LogP contribution in [0.1, 0.15) is 86.5 Å². The van der Waals surface area contributed by atoms with Gasteiger partial charge in [0.15, 0.2) is 5.60 Å². The van der Waals surface area contributed by atoms with Crippen molar-refractivity contribution in [1.29, 1.82) is 5.53 Å². The van der Waals surface area contributed by atoms with Crippen LogP contribution in [0.4, 0.5) is 0 Å². The summed E-state index contributed by atoms with van der Waals surface area (Å²) in [6, 6.07) is 25.4. The molecule has 11 nitrogen and oxygen atoms in total. The first-order chi connectivity index (χ1) is 23.4. The highest BCUT2D eigenvalue weighted by Crippen LogP contribution is 2.58. The summed E-state index contributed by atoms with van der Waals surface area (Å²) in [5.74, 6) is -4.32. The largest absolute Gasteiger partial charge is 0.496 e. The van der Waals surface area contributed by atoms with Gasteiger partial charge in [-0.05, 0) is 60.3 Å². The molecule has 3 unspecified atom stereocenters. The average Bonchev–Trinajstić information content (AvgIpc) is 3.09. The van der Waals surface area contributed by atoms with Crippen LogP contribution in [-0.2, 0) is 25.8 Å². The predicted molar refractivity (Wildman–Crippen MR) is 180 cm³/mol. The van der Waals surface area contributed by atoms with Crippen LogP contribution in [0.3, 0.4) is 0 Å². The van der Waals surface area contributed by atoms with Crippen LogP contribution in [0.2, 0.25) is 0 Å². The van der Waals surface area contributed by atoms with Gasteiger partial charge in [-0.3, -0.25) is 9.59 Å². The van der Waals surface area contributed by atoms with E-state index in [0.717, 1.165) is 35.1 Å². The van der Waals surface area contributed by atoms with Gasteiger partial charge in [-0.25, -0.2) is 10.3 Å². The molecule has 0 saturated heterocycles. The van der Waals surface area contributed by atoms with Crippen molar-refractivity contribution in [1.82, 2.24) is 5.06 Å². The van der Waals surface area contributed by atoms with E-state index in [1.54, 1.807) is 12.2 Å². The van der Waals surface area contributed by atoms with E-state index in [1.807, 2.05) is 54.6 Å². The Hall–Kier alpha value is -4.61. The van der Waals surface area contributed by atoms with Gasteiger partial charge in [0.05, 0.1) is 38.1 Å². The Morgan fingerprint density at radius 3 is 2.02 bits per heavy atom. The number of carbonyl (C=O) groups is 3. The Bertz CT molecular complexity index is 1600. The SMILES string of the molecule is COc1ccc(C(C)C)cc1CN(OC(=O)CC(O)(CC(=O)O)C(=O)O)C1C2CCC(N=N)(CC2)C1C(c1ccccc1)c1ccccc1. The third-order valence-electron chi connectivity index (χ3n) is 10.4. The van der Waals surface area contributed by atoms with Crippen LogP contribution in [0.25, 0.3) is 0 Å². The summed E-state index contributed by atoms with van der Waals surface area (Å²) >= 11 is 0. The Kier molecular flexibility index (Phi) is 10.8. The van der Waals surface area contributed by atoms with E-state index in [0.29, 0.717) is 18.6 Å². The van der Waals surface area contributed by atoms with Crippen molar-refractivity contribution in [3.63, 3.8) is 0 Å². The highest BCUT2D eigenvalue weighted by molar-refractivity contribution is 5.88. The molecule has 11 heteroatoms. The van der Waals surface area contributed by atoms with Crippen molar-refractivity contribution in [3.8, 4) is 5.75 Å². The summed E-state index contributed by atoms with van der Waals surface area (Å²) < 4.78 is 5.75. The van der Waals surface area contributed by atoms with E-state index in [-0.39, 0.29) is 30.2 Å². The summed E-state index contributed by atoms with van der Waals surface area (Å²) in [5.41, 5.74) is 8.76. The number of fused-ring (bicyclic) bond motifs is 3. The fourth-order valence-electron chi connectivity index (χ4n) is 7.98. The van der Waals surface area contributed by atoms with Crippen LogP contribution in [-0.4, -0.2) is 62.6 Å². The lowest BCUT2D eigenvalue weighted by atomic mass is 9.52. The standard InChI is InChI=1S/C38H45N3O8/c1-24(2)28-14-15-30(48-3)29(20-28)23-41(49-32(44)22-38(47,36(45)46)21-31(42)43)35-27-16-18-37(40-39,19-17-27)34(35)33(25-10-6-4-7-11-25)26-12-8-5-9-13-26/h4-15,20,24,27,33-35,39,47H,16-19,21-23H2,1-3H3,(H,42,43)(H,45,46). The summed E-state index contributed by atoms with van der Waals surface area (Å²) in [5, 5.41) is 35.8. The van der Waals surface area contributed by atoms with Gasteiger partial charge in [-0.2, -0.15) is 5.11 Å². The molecule has 3 fully saturated rings. The maximum Gasteiger partial charge on any atom is 0.336 e. The first kappa shape index (κ1) is 35.7. The van der Waals surface area contributed by atoms with Crippen molar-refractivity contribution in [2.24, 2.45) is 17.0 Å². The topological polar surface area (TPSA) is 170 Å². The summed E-state index contributed by atoms with van der Waals surface area (Å²) in [6.45, 7) is 4.19. The number of aliphatic hydroxyl groups is 1. The number of carboxylic acid groups (broad SMARTS) is 2. The molecular formula is C38H45N3O8. The number of carboxylic acids is 2. The molecule has 4 N–H and O–H groups in total. The quantitative estimate of drug-likeness (QED) is 0.103. The Labute approximate surface area is 286 Å². The maximum atomic E-state index is 13.7. The van der Waals surface area contributed by atoms with Gasteiger partial charge in [-0.15, -0.1) is 5.06 Å². The Morgan fingerprint density at radius 2 is 1.53 bits per heavy atom. The Balaban J connectivity index is 1.67. The highest BCUT2D eigenvalue weighted by Gasteiger charge is 2.59. The molecule has 3 aliphatic rings. The van der Waals surface area contributed by atoms with Crippen LogP contribution in [0.5, 0.6) is 5.75 Å². The third kappa shape index (κ3) is 7.52. The zero-order valence-corrected chi connectivity index (χ0v) is 28.1. The second-order valence-corrected chi connectivity index (χ2v) is 13.7. The lowest BCUT2D eigenvalue weighted by molar-refractivity contribution is -0.238. The van der Waals surface area contributed by atoms with E-state index >= 15 is 0 Å². The van der Waals surface area contributed by atoms with Crippen molar-refractivity contribution >= 4 is 17.9 Å². The minimum Gasteiger partial charge on any atom is -0.496 e. The predicted octanol–water partition coefficient (Wildman–Crippen LogP) is 6.55. The molecule has 0 spiro atoms. The summed E-state index contributed by atoms with van der Waals surface area (Å²) in [6.07, 6.45) is 0.574. The molecule has 0 amide bonds.